The van der Waals surface area contributed by atoms with Crippen molar-refractivity contribution >= 4 is 11.5 Å². The molecule has 0 aromatic heterocycles. The number of benzene rings is 1. The fraction of sp³-hybridized carbons (Fsp3) is 0.444. The van der Waals surface area contributed by atoms with Gasteiger partial charge in [0, 0.05) is 23.3 Å². The zero-order valence-corrected chi connectivity index (χ0v) is 13.8. The van der Waals surface area contributed by atoms with Crippen LogP contribution in [0, 0.1) is 16.7 Å². The van der Waals surface area contributed by atoms with Gasteiger partial charge < -0.3 is 9.64 Å². The third kappa shape index (κ3) is 2.99. The lowest BCUT2D eigenvalue weighted by molar-refractivity contribution is -0.122. The molecule has 0 radical (unpaired) electrons. The van der Waals surface area contributed by atoms with Crippen LogP contribution < -0.4 is 9.64 Å². The molecule has 0 spiro atoms. The first kappa shape index (κ1) is 16.1. The molecule has 1 aliphatic rings. The van der Waals surface area contributed by atoms with Crippen LogP contribution in [0.15, 0.2) is 30.0 Å². The molecule has 1 aromatic carbocycles. The van der Waals surface area contributed by atoms with E-state index in [4.69, 9.17) is 4.74 Å². The average Bonchev–Trinajstić information content (AvgIpc) is 2.77. The number of hydrogen-bond donors (Lipinski definition) is 0. The van der Waals surface area contributed by atoms with Crippen LogP contribution in [0.5, 0.6) is 5.75 Å². The van der Waals surface area contributed by atoms with Gasteiger partial charge >= 0.3 is 0 Å². The lowest BCUT2D eigenvalue weighted by atomic mass is 9.87. The van der Waals surface area contributed by atoms with Crippen LogP contribution in [0.1, 0.15) is 33.3 Å². The molecule has 1 atom stereocenters. The van der Waals surface area contributed by atoms with Gasteiger partial charge in [-0.3, -0.25) is 4.79 Å². The van der Waals surface area contributed by atoms with Crippen LogP contribution >= 0.6 is 0 Å². The maximum absolute atomic E-state index is 12.4. The van der Waals surface area contributed by atoms with Crippen molar-refractivity contribution in [2.45, 2.75) is 40.2 Å². The highest BCUT2D eigenvalue weighted by molar-refractivity contribution is 6.02. The van der Waals surface area contributed by atoms with Crippen molar-refractivity contribution in [3.05, 3.63) is 35.5 Å². The van der Waals surface area contributed by atoms with Gasteiger partial charge in [-0.25, -0.2) is 0 Å². The van der Waals surface area contributed by atoms with Gasteiger partial charge in [0.25, 0.3) is 0 Å². The number of methoxy groups -OCH3 is 1. The molecule has 0 N–H and O–H groups in total. The summed E-state index contributed by atoms with van der Waals surface area (Å²) >= 11 is 0. The van der Waals surface area contributed by atoms with E-state index in [-0.39, 0.29) is 17.4 Å². The summed E-state index contributed by atoms with van der Waals surface area (Å²) in [5, 5.41) is 9.35. The minimum atomic E-state index is -0.562. The molecule has 1 heterocycles. The Morgan fingerprint density at radius 2 is 2.14 bits per heavy atom. The number of ether oxygens (including phenoxy) is 1. The molecule has 0 amide bonds. The molecule has 0 saturated heterocycles. The van der Waals surface area contributed by atoms with Gasteiger partial charge in [-0.15, -0.1) is 0 Å². The Morgan fingerprint density at radius 1 is 1.45 bits per heavy atom. The Morgan fingerprint density at radius 3 is 2.68 bits per heavy atom. The van der Waals surface area contributed by atoms with Gasteiger partial charge in [0.05, 0.1) is 7.11 Å². The zero-order chi connectivity index (χ0) is 16.5. The van der Waals surface area contributed by atoms with E-state index in [1.54, 1.807) is 13.3 Å². The predicted octanol–water partition coefficient (Wildman–Crippen LogP) is 3.47. The number of hydrogen-bond acceptors (Lipinski definition) is 4. The Kier molecular flexibility index (Phi) is 4.27. The Hall–Kier alpha value is -2.28. The van der Waals surface area contributed by atoms with Crippen molar-refractivity contribution in [1.29, 1.82) is 5.26 Å². The van der Waals surface area contributed by atoms with Gasteiger partial charge in [-0.05, 0) is 37.1 Å². The summed E-state index contributed by atoms with van der Waals surface area (Å²) in [7, 11) is 1.65. The van der Waals surface area contributed by atoms with Gasteiger partial charge in [-0.2, -0.15) is 5.26 Å². The Balaban J connectivity index is 2.40. The largest absolute Gasteiger partial charge is 0.497 e. The topological polar surface area (TPSA) is 53.3 Å². The molecule has 1 unspecified atom stereocenters. The molecular weight excluding hydrogens is 276 g/mol. The highest BCUT2D eigenvalue weighted by Gasteiger charge is 2.29. The normalized spacial score (nSPS) is 17.9. The fourth-order valence-corrected chi connectivity index (χ4v) is 2.64. The fourth-order valence-electron chi connectivity index (χ4n) is 2.64. The Labute approximate surface area is 132 Å². The smallest absolute Gasteiger partial charge is 0.180 e. The van der Waals surface area contributed by atoms with Gasteiger partial charge in [0.15, 0.2) is 5.78 Å². The first-order chi connectivity index (χ1) is 10.3. The second-order valence-corrected chi connectivity index (χ2v) is 6.69. The van der Waals surface area contributed by atoms with Crippen molar-refractivity contribution in [3.63, 3.8) is 0 Å². The number of carbonyl (C=O) groups is 1. The van der Waals surface area contributed by atoms with Gasteiger partial charge in [0.1, 0.15) is 17.4 Å². The third-order valence-electron chi connectivity index (χ3n) is 3.87. The maximum atomic E-state index is 12.4. The minimum Gasteiger partial charge on any atom is -0.497 e. The zero-order valence-electron chi connectivity index (χ0n) is 13.8. The highest BCUT2D eigenvalue weighted by Crippen LogP contribution is 2.35. The predicted molar refractivity (Wildman–Crippen MR) is 86.8 cm³/mol. The highest BCUT2D eigenvalue weighted by atomic mass is 16.5. The minimum absolute atomic E-state index is 0.135. The molecule has 0 fully saturated rings. The molecule has 1 aromatic rings. The number of nitrogens with zero attached hydrogens (tertiary/aromatic N) is 2. The first-order valence-electron chi connectivity index (χ1n) is 7.40. The van der Waals surface area contributed by atoms with E-state index in [1.807, 2.05) is 43.9 Å². The standard InChI is InChI=1S/C18H22N2O2/c1-12-8-13-9-15(22-5)6-7-16(13)20(12)11-14(10-19)17(21)18(2,3)4/h6-7,9,11-12H,8H2,1-5H3/b14-11-. The maximum Gasteiger partial charge on any atom is 0.180 e. The third-order valence-corrected chi connectivity index (χ3v) is 3.87. The molecule has 0 bridgehead atoms. The monoisotopic (exact) mass is 298 g/mol. The molecule has 4 heteroatoms. The summed E-state index contributed by atoms with van der Waals surface area (Å²) in [6, 6.07) is 8.15. The van der Waals surface area contributed by atoms with Crippen LogP contribution in [-0.4, -0.2) is 18.9 Å². The molecule has 2 rings (SSSR count). The van der Waals surface area contributed by atoms with Crippen molar-refractivity contribution in [2.75, 3.05) is 12.0 Å². The molecule has 4 nitrogen and oxygen atoms in total. The van der Waals surface area contributed by atoms with Crippen molar-refractivity contribution in [1.82, 2.24) is 0 Å². The summed E-state index contributed by atoms with van der Waals surface area (Å²) in [5.41, 5.74) is 1.84. The summed E-state index contributed by atoms with van der Waals surface area (Å²) in [6.45, 7) is 7.56. The number of rotatable bonds is 3. The summed E-state index contributed by atoms with van der Waals surface area (Å²) < 4.78 is 5.25. The van der Waals surface area contributed by atoms with Gasteiger partial charge in [0.2, 0.25) is 0 Å². The number of allylic oxidation sites excluding steroid dienone is 1. The number of nitriles is 1. The average molecular weight is 298 g/mol. The van der Waals surface area contributed by atoms with E-state index < -0.39 is 5.41 Å². The molecule has 22 heavy (non-hydrogen) atoms. The summed E-state index contributed by atoms with van der Waals surface area (Å²) in [6.07, 6.45) is 2.56. The molecule has 0 aliphatic carbocycles. The lowest BCUT2D eigenvalue weighted by Crippen LogP contribution is -2.27. The van der Waals surface area contributed by atoms with Crippen molar-refractivity contribution < 1.29 is 9.53 Å². The van der Waals surface area contributed by atoms with E-state index in [1.165, 1.54) is 5.56 Å². The van der Waals surface area contributed by atoms with E-state index in [0.29, 0.717) is 0 Å². The van der Waals surface area contributed by atoms with Crippen LogP contribution in [0.4, 0.5) is 5.69 Å². The number of carbonyl (C=O) groups excluding carboxylic acids is 1. The quantitative estimate of drug-likeness (QED) is 0.633. The number of Topliss-reactive ketones (excluding diaryl/α,β-unsaturated/α-hetero) is 1. The van der Waals surface area contributed by atoms with Crippen LogP contribution in [-0.2, 0) is 11.2 Å². The molecular formula is C18H22N2O2. The SMILES string of the molecule is COc1ccc2c(c1)CC(C)N2/C=C(/C#N)C(=O)C(C)(C)C. The van der Waals surface area contributed by atoms with Crippen LogP contribution in [0.2, 0.25) is 0 Å². The molecule has 1 aliphatic heterocycles. The second-order valence-electron chi connectivity index (χ2n) is 6.69. The van der Waals surface area contributed by atoms with Gasteiger partial charge in [-0.1, -0.05) is 20.8 Å². The number of anilines is 1. The van der Waals surface area contributed by atoms with Crippen LogP contribution in [0.3, 0.4) is 0 Å². The van der Waals surface area contributed by atoms with E-state index in [0.717, 1.165) is 17.9 Å². The van der Waals surface area contributed by atoms with E-state index >= 15 is 0 Å². The summed E-state index contributed by atoms with van der Waals surface area (Å²) in [5.74, 6) is 0.687. The molecule has 0 saturated carbocycles. The number of fused-ring (bicyclic) bond motifs is 1. The van der Waals surface area contributed by atoms with Crippen molar-refractivity contribution in [3.8, 4) is 11.8 Å². The number of ketones is 1. The van der Waals surface area contributed by atoms with E-state index in [2.05, 4.69) is 13.0 Å². The lowest BCUT2D eigenvalue weighted by Gasteiger charge is -2.22. The first-order valence-corrected chi connectivity index (χ1v) is 7.40. The van der Waals surface area contributed by atoms with Crippen molar-refractivity contribution in [2.24, 2.45) is 5.41 Å². The van der Waals surface area contributed by atoms with Crippen LogP contribution in [0.25, 0.3) is 0 Å². The molecule has 116 valence electrons. The second kappa shape index (κ2) is 5.84. The summed E-state index contributed by atoms with van der Waals surface area (Å²) in [4.78, 5) is 14.4. The van der Waals surface area contributed by atoms with E-state index in [9.17, 15) is 10.1 Å². The Bertz CT molecular complexity index is 663.